The van der Waals surface area contributed by atoms with Crippen LogP contribution in [0.15, 0.2) is 4.52 Å². The molecule has 6 nitrogen and oxygen atoms in total. The molecule has 1 aliphatic heterocycles. The monoisotopic (exact) mass is 345 g/mol. The largest absolute Gasteiger partial charge is 0.361 e. The van der Waals surface area contributed by atoms with E-state index >= 15 is 0 Å². The molecule has 2 saturated carbocycles. The van der Waals surface area contributed by atoms with Gasteiger partial charge in [-0.3, -0.25) is 9.59 Å². The van der Waals surface area contributed by atoms with Gasteiger partial charge in [0.25, 0.3) is 5.91 Å². The smallest absolute Gasteiger partial charge is 0.257 e. The minimum absolute atomic E-state index is 0.0595. The van der Waals surface area contributed by atoms with E-state index in [-0.39, 0.29) is 17.5 Å². The molecule has 1 aromatic heterocycles. The molecular weight excluding hydrogens is 318 g/mol. The second kappa shape index (κ2) is 6.15. The highest BCUT2D eigenvalue weighted by Crippen LogP contribution is 2.44. The summed E-state index contributed by atoms with van der Waals surface area (Å²) in [4.78, 5) is 27.1. The minimum atomic E-state index is -0.0884. The summed E-state index contributed by atoms with van der Waals surface area (Å²) in [6.07, 6.45) is 8.10. The second-order valence-corrected chi connectivity index (χ2v) is 8.12. The maximum atomic E-state index is 12.5. The molecule has 0 radical (unpaired) electrons. The van der Waals surface area contributed by atoms with Crippen molar-refractivity contribution in [3.05, 3.63) is 17.0 Å². The van der Waals surface area contributed by atoms with Crippen LogP contribution in [0.5, 0.6) is 0 Å². The zero-order valence-corrected chi connectivity index (χ0v) is 15.1. The highest BCUT2D eigenvalue weighted by atomic mass is 16.5. The van der Waals surface area contributed by atoms with Crippen LogP contribution in [-0.4, -0.2) is 40.0 Å². The predicted octanol–water partition coefficient (Wildman–Crippen LogP) is 2.74. The predicted molar refractivity (Wildman–Crippen MR) is 92.1 cm³/mol. The Kier molecular flexibility index (Phi) is 4.08. The summed E-state index contributed by atoms with van der Waals surface area (Å²) < 4.78 is 5.10. The first-order valence-electron chi connectivity index (χ1n) is 9.53. The van der Waals surface area contributed by atoms with Crippen LogP contribution in [0.2, 0.25) is 0 Å². The van der Waals surface area contributed by atoms with E-state index in [0.29, 0.717) is 29.3 Å². The number of hydrogen-bond acceptors (Lipinski definition) is 4. The van der Waals surface area contributed by atoms with Crippen molar-refractivity contribution < 1.29 is 14.1 Å². The lowest BCUT2D eigenvalue weighted by atomic mass is 9.77. The molecule has 1 spiro atoms. The number of likely N-dealkylation sites (tertiary alicyclic amines) is 1. The molecule has 1 aromatic rings. The zero-order chi connectivity index (χ0) is 17.6. The molecule has 0 bridgehead atoms. The number of aromatic nitrogens is 1. The summed E-state index contributed by atoms with van der Waals surface area (Å²) in [5.41, 5.74) is 1.26. The van der Waals surface area contributed by atoms with Gasteiger partial charge in [-0.05, 0) is 64.7 Å². The molecule has 25 heavy (non-hydrogen) atoms. The summed E-state index contributed by atoms with van der Waals surface area (Å²) in [5, 5.41) is 7.01. The average molecular weight is 345 g/mol. The Labute approximate surface area is 148 Å². The molecule has 0 atom stereocenters. The number of carbonyl (C=O) groups is 2. The van der Waals surface area contributed by atoms with Crippen molar-refractivity contribution in [2.24, 2.45) is 5.92 Å². The van der Waals surface area contributed by atoms with Crippen molar-refractivity contribution in [2.45, 2.75) is 76.8 Å². The number of amides is 2. The van der Waals surface area contributed by atoms with E-state index < -0.39 is 0 Å². The molecule has 3 aliphatic rings. The second-order valence-electron chi connectivity index (χ2n) is 8.12. The van der Waals surface area contributed by atoms with E-state index in [1.54, 1.807) is 13.8 Å². The third-order valence-corrected chi connectivity index (χ3v) is 6.33. The Morgan fingerprint density at radius 3 is 2.56 bits per heavy atom. The minimum Gasteiger partial charge on any atom is -0.361 e. The van der Waals surface area contributed by atoms with Crippen LogP contribution in [0.25, 0.3) is 0 Å². The van der Waals surface area contributed by atoms with Crippen LogP contribution < -0.4 is 5.32 Å². The molecular formula is C19H27N3O3. The fourth-order valence-corrected chi connectivity index (χ4v) is 4.61. The molecule has 1 saturated heterocycles. The van der Waals surface area contributed by atoms with Gasteiger partial charge in [-0.2, -0.15) is 0 Å². The van der Waals surface area contributed by atoms with Crippen molar-refractivity contribution in [1.29, 1.82) is 0 Å². The standard InChI is InChI=1S/C19H27N3O3/c1-12-17(13(2)25-21-12)18(24)20-15-5-8-19(9-6-15)10-7-16(23)22(19)11-14-3-4-14/h14-15H,3-11H2,1-2H3,(H,20,24). The van der Waals surface area contributed by atoms with Gasteiger partial charge in [0.1, 0.15) is 11.3 Å². The third kappa shape index (κ3) is 3.07. The van der Waals surface area contributed by atoms with Crippen molar-refractivity contribution in [1.82, 2.24) is 15.4 Å². The first kappa shape index (κ1) is 16.6. The summed E-state index contributed by atoms with van der Waals surface area (Å²) in [7, 11) is 0. The van der Waals surface area contributed by atoms with E-state index in [0.717, 1.165) is 44.6 Å². The molecule has 4 rings (SSSR count). The first-order valence-corrected chi connectivity index (χ1v) is 9.53. The van der Waals surface area contributed by atoms with Gasteiger partial charge in [-0.25, -0.2) is 0 Å². The fourth-order valence-electron chi connectivity index (χ4n) is 4.61. The SMILES string of the molecule is Cc1noc(C)c1C(=O)NC1CCC2(CCC(=O)N2CC2CC2)CC1. The van der Waals surface area contributed by atoms with Gasteiger partial charge in [0.05, 0.1) is 5.69 Å². The molecule has 136 valence electrons. The van der Waals surface area contributed by atoms with E-state index in [9.17, 15) is 9.59 Å². The average Bonchev–Trinajstić information content (AvgIpc) is 3.29. The van der Waals surface area contributed by atoms with Crippen LogP contribution in [-0.2, 0) is 4.79 Å². The Balaban J connectivity index is 1.38. The van der Waals surface area contributed by atoms with Crippen LogP contribution in [0.1, 0.15) is 73.2 Å². The molecule has 0 aromatic carbocycles. The lowest BCUT2D eigenvalue weighted by Gasteiger charge is -2.44. The van der Waals surface area contributed by atoms with E-state index in [4.69, 9.17) is 4.52 Å². The Morgan fingerprint density at radius 1 is 1.24 bits per heavy atom. The van der Waals surface area contributed by atoms with Gasteiger partial charge >= 0.3 is 0 Å². The molecule has 6 heteroatoms. The number of rotatable bonds is 4. The molecule has 1 N–H and O–H groups in total. The summed E-state index contributed by atoms with van der Waals surface area (Å²) in [6, 6.07) is 0.172. The summed E-state index contributed by atoms with van der Waals surface area (Å²) in [5.74, 6) is 1.55. The Bertz CT molecular complexity index is 665. The molecule has 0 unspecified atom stereocenters. The molecule has 2 heterocycles. The maximum Gasteiger partial charge on any atom is 0.257 e. The van der Waals surface area contributed by atoms with Gasteiger partial charge in [-0.1, -0.05) is 5.16 Å². The number of hydrogen-bond donors (Lipinski definition) is 1. The van der Waals surface area contributed by atoms with Gasteiger partial charge in [-0.15, -0.1) is 0 Å². The van der Waals surface area contributed by atoms with E-state index in [1.807, 2.05) is 0 Å². The van der Waals surface area contributed by atoms with Gasteiger partial charge in [0.15, 0.2) is 0 Å². The Hall–Kier alpha value is -1.85. The van der Waals surface area contributed by atoms with Crippen molar-refractivity contribution in [3.8, 4) is 0 Å². The van der Waals surface area contributed by atoms with Gasteiger partial charge < -0.3 is 14.7 Å². The molecule has 3 fully saturated rings. The van der Waals surface area contributed by atoms with Crippen LogP contribution in [0, 0.1) is 19.8 Å². The number of nitrogens with zero attached hydrogens (tertiary/aromatic N) is 2. The Morgan fingerprint density at radius 2 is 1.96 bits per heavy atom. The molecule has 2 aliphatic carbocycles. The topological polar surface area (TPSA) is 75.4 Å². The normalized spacial score (nSPS) is 29.4. The van der Waals surface area contributed by atoms with Crippen molar-refractivity contribution >= 4 is 11.8 Å². The van der Waals surface area contributed by atoms with Gasteiger partial charge in [0, 0.05) is 24.5 Å². The first-order chi connectivity index (χ1) is 12.0. The zero-order valence-electron chi connectivity index (χ0n) is 15.1. The quantitative estimate of drug-likeness (QED) is 0.910. The lowest BCUT2D eigenvalue weighted by Crippen LogP contribution is -2.51. The summed E-state index contributed by atoms with van der Waals surface area (Å²) >= 11 is 0. The van der Waals surface area contributed by atoms with Crippen molar-refractivity contribution in [2.75, 3.05) is 6.54 Å². The van der Waals surface area contributed by atoms with Crippen LogP contribution in [0.3, 0.4) is 0 Å². The summed E-state index contributed by atoms with van der Waals surface area (Å²) in [6.45, 7) is 4.51. The highest BCUT2D eigenvalue weighted by Gasteiger charge is 2.48. The van der Waals surface area contributed by atoms with Gasteiger partial charge in [0.2, 0.25) is 5.91 Å². The number of nitrogens with one attached hydrogen (secondary N) is 1. The third-order valence-electron chi connectivity index (χ3n) is 6.33. The maximum absolute atomic E-state index is 12.5. The molecule has 2 amide bonds. The number of carbonyl (C=O) groups excluding carboxylic acids is 2. The fraction of sp³-hybridized carbons (Fsp3) is 0.737. The highest BCUT2D eigenvalue weighted by molar-refractivity contribution is 5.96. The van der Waals surface area contributed by atoms with E-state index in [2.05, 4.69) is 15.4 Å². The number of aryl methyl sites for hydroxylation is 2. The lowest BCUT2D eigenvalue weighted by molar-refractivity contribution is -0.132. The van der Waals surface area contributed by atoms with E-state index in [1.165, 1.54) is 12.8 Å². The van der Waals surface area contributed by atoms with Crippen LogP contribution >= 0.6 is 0 Å². The van der Waals surface area contributed by atoms with Crippen LogP contribution in [0.4, 0.5) is 0 Å². The van der Waals surface area contributed by atoms with Crippen molar-refractivity contribution in [3.63, 3.8) is 0 Å².